The predicted molar refractivity (Wildman–Crippen MR) is 56.2 cm³/mol. The number of rotatable bonds is 1. The topological polar surface area (TPSA) is 0 Å². The van der Waals surface area contributed by atoms with Gasteiger partial charge in [-0.25, -0.2) is 0 Å². The predicted octanol–water partition coefficient (Wildman–Crippen LogP) is 4.43. The molecular formula is C8H7Br2Cl. The maximum atomic E-state index is 5.91. The summed E-state index contributed by atoms with van der Waals surface area (Å²) in [6, 6.07) is 4.07. The zero-order chi connectivity index (χ0) is 8.43. The van der Waals surface area contributed by atoms with Crippen LogP contribution in [-0.2, 0) is 6.42 Å². The Hall–Kier alpha value is 0.470. The Balaban J connectivity index is 3.21. The van der Waals surface area contributed by atoms with Crippen molar-refractivity contribution in [2.24, 2.45) is 0 Å². The minimum Gasteiger partial charge on any atom is -0.0819 e. The zero-order valence-corrected chi connectivity index (χ0v) is 9.92. The minimum absolute atomic E-state index is 0.738. The highest BCUT2D eigenvalue weighted by Gasteiger charge is 2.02. The van der Waals surface area contributed by atoms with Crippen molar-refractivity contribution in [2.75, 3.05) is 0 Å². The Morgan fingerprint density at radius 2 is 1.73 bits per heavy atom. The number of hydrogen-bond donors (Lipinski definition) is 0. The highest BCUT2D eigenvalue weighted by molar-refractivity contribution is 9.11. The lowest BCUT2D eigenvalue weighted by molar-refractivity contribution is 1.13. The van der Waals surface area contributed by atoms with Gasteiger partial charge in [0.1, 0.15) is 0 Å². The van der Waals surface area contributed by atoms with E-state index in [4.69, 9.17) is 11.6 Å². The molecule has 0 fully saturated rings. The van der Waals surface area contributed by atoms with Gasteiger partial charge in [0, 0.05) is 8.95 Å². The molecule has 0 radical (unpaired) electrons. The summed E-state index contributed by atoms with van der Waals surface area (Å²) in [4.78, 5) is 0. The Bertz CT molecular complexity index is 248. The smallest absolute Gasteiger partial charge is 0.0690 e. The fourth-order valence-corrected chi connectivity index (χ4v) is 2.20. The van der Waals surface area contributed by atoms with Crippen LogP contribution < -0.4 is 0 Å². The summed E-state index contributed by atoms with van der Waals surface area (Å²) in [5.74, 6) is 0. The van der Waals surface area contributed by atoms with Crippen LogP contribution in [0.2, 0.25) is 5.02 Å². The average molecular weight is 298 g/mol. The number of hydrogen-bond acceptors (Lipinski definition) is 0. The molecule has 0 heterocycles. The maximum Gasteiger partial charge on any atom is 0.0690 e. The first kappa shape index (κ1) is 9.56. The Morgan fingerprint density at radius 3 is 2.09 bits per heavy atom. The molecule has 0 bridgehead atoms. The molecule has 0 amide bonds. The molecule has 11 heavy (non-hydrogen) atoms. The molecule has 0 nitrogen and oxygen atoms in total. The third kappa shape index (κ3) is 2.20. The van der Waals surface area contributed by atoms with Gasteiger partial charge in [-0.15, -0.1) is 0 Å². The molecule has 0 atom stereocenters. The second kappa shape index (κ2) is 3.92. The van der Waals surface area contributed by atoms with Crippen LogP contribution in [0, 0.1) is 0 Å². The van der Waals surface area contributed by atoms with Crippen LogP contribution in [-0.4, -0.2) is 0 Å². The van der Waals surface area contributed by atoms with Crippen LogP contribution in [0.15, 0.2) is 21.1 Å². The monoisotopic (exact) mass is 296 g/mol. The molecule has 1 aromatic rings. The van der Waals surface area contributed by atoms with Crippen LogP contribution in [0.4, 0.5) is 0 Å². The highest BCUT2D eigenvalue weighted by atomic mass is 79.9. The number of halogens is 3. The number of aryl methyl sites for hydroxylation is 1. The van der Waals surface area contributed by atoms with Crippen molar-refractivity contribution in [1.29, 1.82) is 0 Å². The summed E-state index contributed by atoms with van der Waals surface area (Å²) in [5, 5.41) is 0.738. The van der Waals surface area contributed by atoms with E-state index in [2.05, 4.69) is 38.8 Å². The molecule has 0 spiro atoms. The molecule has 0 saturated heterocycles. The van der Waals surface area contributed by atoms with Crippen LogP contribution >= 0.6 is 43.5 Å². The van der Waals surface area contributed by atoms with Gasteiger partial charge in [0.05, 0.1) is 5.02 Å². The molecule has 1 rings (SSSR count). The molecule has 0 unspecified atom stereocenters. The molecule has 0 saturated carbocycles. The molecule has 3 heteroatoms. The van der Waals surface area contributed by atoms with E-state index in [9.17, 15) is 0 Å². The summed E-state index contributed by atoms with van der Waals surface area (Å²) in [6.45, 7) is 2.11. The van der Waals surface area contributed by atoms with Crippen LogP contribution in [0.25, 0.3) is 0 Å². The van der Waals surface area contributed by atoms with Crippen molar-refractivity contribution in [2.45, 2.75) is 13.3 Å². The first-order valence-electron chi connectivity index (χ1n) is 3.28. The standard InChI is InChI=1S/C8H7Br2Cl/c1-2-5-3-6(9)8(11)7(10)4-5/h3-4H,2H2,1H3. The van der Waals surface area contributed by atoms with Gasteiger partial charge in [-0.05, 0) is 56.0 Å². The van der Waals surface area contributed by atoms with Gasteiger partial charge in [-0.3, -0.25) is 0 Å². The van der Waals surface area contributed by atoms with Crippen molar-refractivity contribution < 1.29 is 0 Å². The van der Waals surface area contributed by atoms with E-state index >= 15 is 0 Å². The minimum atomic E-state index is 0.738. The van der Waals surface area contributed by atoms with Crippen molar-refractivity contribution in [3.63, 3.8) is 0 Å². The molecule has 60 valence electrons. The van der Waals surface area contributed by atoms with Gasteiger partial charge >= 0.3 is 0 Å². The zero-order valence-electron chi connectivity index (χ0n) is 6.00. The average Bonchev–Trinajstić information content (AvgIpc) is 1.99. The van der Waals surface area contributed by atoms with Crippen LogP contribution in [0.3, 0.4) is 0 Å². The van der Waals surface area contributed by atoms with E-state index in [0.29, 0.717) is 0 Å². The van der Waals surface area contributed by atoms with Gasteiger partial charge < -0.3 is 0 Å². The summed E-state index contributed by atoms with van der Waals surface area (Å²) in [6.07, 6.45) is 1.02. The largest absolute Gasteiger partial charge is 0.0819 e. The second-order valence-electron chi connectivity index (χ2n) is 2.23. The first-order chi connectivity index (χ1) is 5.15. The molecule has 0 aliphatic carbocycles. The molecule has 0 aliphatic rings. The Kier molecular flexibility index (Phi) is 3.41. The van der Waals surface area contributed by atoms with Crippen molar-refractivity contribution >= 4 is 43.5 Å². The van der Waals surface area contributed by atoms with Gasteiger partial charge in [0.15, 0.2) is 0 Å². The van der Waals surface area contributed by atoms with Crippen LogP contribution in [0.5, 0.6) is 0 Å². The van der Waals surface area contributed by atoms with E-state index < -0.39 is 0 Å². The van der Waals surface area contributed by atoms with Crippen molar-refractivity contribution in [3.8, 4) is 0 Å². The molecule has 0 N–H and O–H groups in total. The first-order valence-corrected chi connectivity index (χ1v) is 5.25. The lowest BCUT2D eigenvalue weighted by Gasteiger charge is -2.02. The van der Waals surface area contributed by atoms with Gasteiger partial charge in [0.25, 0.3) is 0 Å². The Labute approximate surface area is 88.2 Å². The van der Waals surface area contributed by atoms with Gasteiger partial charge in [-0.1, -0.05) is 18.5 Å². The van der Waals surface area contributed by atoms with Gasteiger partial charge in [0.2, 0.25) is 0 Å². The lowest BCUT2D eigenvalue weighted by atomic mass is 10.2. The highest BCUT2D eigenvalue weighted by Crippen LogP contribution is 2.31. The third-order valence-electron chi connectivity index (χ3n) is 1.45. The molecular weight excluding hydrogens is 291 g/mol. The quantitative estimate of drug-likeness (QED) is 0.673. The molecule has 0 aromatic heterocycles. The fraction of sp³-hybridized carbons (Fsp3) is 0.250. The number of benzene rings is 1. The SMILES string of the molecule is CCc1cc(Br)c(Cl)c(Br)c1. The normalized spacial score (nSPS) is 10.2. The van der Waals surface area contributed by atoms with Gasteiger partial charge in [-0.2, -0.15) is 0 Å². The van der Waals surface area contributed by atoms with E-state index in [1.165, 1.54) is 5.56 Å². The summed E-state index contributed by atoms with van der Waals surface area (Å²) in [7, 11) is 0. The molecule has 1 aromatic carbocycles. The van der Waals surface area contributed by atoms with E-state index in [-0.39, 0.29) is 0 Å². The lowest BCUT2D eigenvalue weighted by Crippen LogP contribution is -1.81. The summed E-state index contributed by atoms with van der Waals surface area (Å²) in [5.41, 5.74) is 1.27. The van der Waals surface area contributed by atoms with Crippen molar-refractivity contribution in [1.82, 2.24) is 0 Å². The van der Waals surface area contributed by atoms with Crippen molar-refractivity contribution in [3.05, 3.63) is 31.7 Å². The van der Waals surface area contributed by atoms with E-state index in [1.807, 2.05) is 12.1 Å². The van der Waals surface area contributed by atoms with E-state index in [0.717, 1.165) is 20.4 Å². The summed E-state index contributed by atoms with van der Waals surface area (Å²) >= 11 is 12.7. The van der Waals surface area contributed by atoms with E-state index in [1.54, 1.807) is 0 Å². The summed E-state index contributed by atoms with van der Waals surface area (Å²) < 4.78 is 1.90. The Morgan fingerprint density at radius 1 is 1.27 bits per heavy atom. The third-order valence-corrected chi connectivity index (χ3v) is 3.57. The fourth-order valence-electron chi connectivity index (χ4n) is 0.812. The maximum absolute atomic E-state index is 5.91. The second-order valence-corrected chi connectivity index (χ2v) is 4.31. The van der Waals surface area contributed by atoms with Crippen LogP contribution in [0.1, 0.15) is 12.5 Å². The molecule has 0 aliphatic heterocycles.